The maximum Gasteiger partial charge on any atom is 0.134 e. The van der Waals surface area contributed by atoms with Gasteiger partial charge in [-0.1, -0.05) is 26.5 Å². The second kappa shape index (κ2) is 5.47. The van der Waals surface area contributed by atoms with Crippen LogP contribution in [0.25, 0.3) is 5.76 Å². The van der Waals surface area contributed by atoms with Crippen molar-refractivity contribution in [3.05, 3.63) is 36.7 Å². The molecular formula is C9H13NO. The van der Waals surface area contributed by atoms with Crippen molar-refractivity contribution in [3.63, 3.8) is 0 Å². The molecule has 0 spiro atoms. The zero-order valence-corrected chi connectivity index (χ0v) is 6.91. The van der Waals surface area contributed by atoms with Gasteiger partial charge in [0.25, 0.3) is 0 Å². The first-order valence-corrected chi connectivity index (χ1v) is 3.60. The first-order valence-electron chi connectivity index (χ1n) is 3.60. The zero-order chi connectivity index (χ0) is 8.69. The van der Waals surface area contributed by atoms with Crippen LogP contribution in [0.1, 0.15) is 19.5 Å². The molecule has 1 aromatic heterocycles. The summed E-state index contributed by atoms with van der Waals surface area (Å²) in [7, 11) is 0. The van der Waals surface area contributed by atoms with E-state index >= 15 is 0 Å². The lowest BCUT2D eigenvalue weighted by atomic mass is 10.3. The number of pyridine rings is 1. The van der Waals surface area contributed by atoms with Gasteiger partial charge in [0.1, 0.15) is 11.5 Å². The number of aliphatic hydroxyl groups is 1. The smallest absolute Gasteiger partial charge is 0.134 e. The SMILES string of the molecule is C=C(O)c1ccccn1.CC. The van der Waals surface area contributed by atoms with Gasteiger partial charge in [0.2, 0.25) is 0 Å². The fourth-order valence-electron chi connectivity index (χ4n) is 0.533. The number of aromatic nitrogens is 1. The Morgan fingerprint density at radius 3 is 2.36 bits per heavy atom. The number of rotatable bonds is 1. The maximum absolute atomic E-state index is 8.77. The second-order valence-corrected chi connectivity index (χ2v) is 1.66. The van der Waals surface area contributed by atoms with Gasteiger partial charge in [0, 0.05) is 6.20 Å². The topological polar surface area (TPSA) is 33.1 Å². The van der Waals surface area contributed by atoms with Crippen LogP contribution in [0.3, 0.4) is 0 Å². The molecule has 60 valence electrons. The molecule has 1 aromatic rings. The minimum absolute atomic E-state index is 0.00981. The van der Waals surface area contributed by atoms with Crippen molar-refractivity contribution < 1.29 is 5.11 Å². The van der Waals surface area contributed by atoms with Crippen LogP contribution in [-0.2, 0) is 0 Å². The van der Waals surface area contributed by atoms with Crippen molar-refractivity contribution in [1.82, 2.24) is 4.98 Å². The molecule has 0 aliphatic rings. The first-order chi connectivity index (χ1) is 5.30. The zero-order valence-electron chi connectivity index (χ0n) is 6.91. The highest BCUT2D eigenvalue weighted by Crippen LogP contribution is 2.01. The van der Waals surface area contributed by atoms with Crippen LogP contribution in [-0.4, -0.2) is 10.1 Å². The third-order valence-corrected chi connectivity index (χ3v) is 0.961. The lowest BCUT2D eigenvalue weighted by Gasteiger charge is -1.92. The monoisotopic (exact) mass is 151 g/mol. The first kappa shape index (κ1) is 9.69. The Hall–Kier alpha value is -1.31. The number of hydrogen-bond donors (Lipinski definition) is 1. The van der Waals surface area contributed by atoms with Crippen LogP contribution in [0.2, 0.25) is 0 Å². The fraction of sp³-hybridized carbons (Fsp3) is 0.222. The molecule has 2 nitrogen and oxygen atoms in total. The Morgan fingerprint density at radius 1 is 1.45 bits per heavy atom. The van der Waals surface area contributed by atoms with Crippen molar-refractivity contribution >= 4 is 5.76 Å². The van der Waals surface area contributed by atoms with E-state index in [9.17, 15) is 0 Å². The van der Waals surface area contributed by atoms with Gasteiger partial charge in [-0.3, -0.25) is 4.98 Å². The van der Waals surface area contributed by atoms with E-state index in [4.69, 9.17) is 5.11 Å². The van der Waals surface area contributed by atoms with Crippen LogP contribution < -0.4 is 0 Å². The number of hydrogen-bond acceptors (Lipinski definition) is 2. The Balaban J connectivity index is 0.000000461. The van der Waals surface area contributed by atoms with Gasteiger partial charge in [0.15, 0.2) is 0 Å². The lowest BCUT2D eigenvalue weighted by Crippen LogP contribution is -1.82. The van der Waals surface area contributed by atoms with Crippen LogP contribution in [0.15, 0.2) is 31.0 Å². The lowest BCUT2D eigenvalue weighted by molar-refractivity contribution is 0.510. The van der Waals surface area contributed by atoms with Gasteiger partial charge in [-0.05, 0) is 12.1 Å². The molecule has 1 rings (SSSR count). The predicted molar refractivity (Wildman–Crippen MR) is 47.2 cm³/mol. The van der Waals surface area contributed by atoms with E-state index in [1.807, 2.05) is 13.8 Å². The molecule has 1 N–H and O–H groups in total. The molecule has 0 amide bonds. The average molecular weight is 151 g/mol. The van der Waals surface area contributed by atoms with Gasteiger partial charge in [-0.15, -0.1) is 0 Å². The minimum Gasteiger partial charge on any atom is -0.506 e. The molecule has 0 fully saturated rings. The maximum atomic E-state index is 8.77. The summed E-state index contributed by atoms with van der Waals surface area (Å²) < 4.78 is 0. The van der Waals surface area contributed by atoms with Crippen molar-refractivity contribution in [1.29, 1.82) is 0 Å². The third-order valence-electron chi connectivity index (χ3n) is 0.961. The molecule has 0 radical (unpaired) electrons. The van der Waals surface area contributed by atoms with Crippen molar-refractivity contribution in [2.75, 3.05) is 0 Å². The largest absolute Gasteiger partial charge is 0.506 e. The molecule has 2 heteroatoms. The molecule has 0 aliphatic heterocycles. The van der Waals surface area contributed by atoms with Gasteiger partial charge in [-0.2, -0.15) is 0 Å². The molecule has 11 heavy (non-hydrogen) atoms. The quantitative estimate of drug-likeness (QED) is 0.626. The summed E-state index contributed by atoms with van der Waals surface area (Å²) in [6, 6.07) is 5.28. The highest BCUT2D eigenvalue weighted by Gasteiger charge is 1.91. The Labute approximate surface area is 67.2 Å². The molecular weight excluding hydrogens is 138 g/mol. The molecule has 1 heterocycles. The van der Waals surface area contributed by atoms with E-state index in [0.717, 1.165) is 0 Å². The fourth-order valence-corrected chi connectivity index (χ4v) is 0.533. The summed E-state index contributed by atoms with van der Waals surface area (Å²) in [4.78, 5) is 3.83. The summed E-state index contributed by atoms with van der Waals surface area (Å²) >= 11 is 0. The number of aliphatic hydroxyl groups excluding tert-OH is 1. The van der Waals surface area contributed by atoms with Crippen molar-refractivity contribution in [3.8, 4) is 0 Å². The Morgan fingerprint density at radius 2 is 2.09 bits per heavy atom. The molecule has 0 bridgehead atoms. The summed E-state index contributed by atoms with van der Waals surface area (Å²) in [5.74, 6) is 0.00981. The van der Waals surface area contributed by atoms with Crippen LogP contribution in [0, 0.1) is 0 Å². The van der Waals surface area contributed by atoms with E-state index in [0.29, 0.717) is 5.69 Å². The van der Waals surface area contributed by atoms with E-state index in [1.165, 1.54) is 0 Å². The van der Waals surface area contributed by atoms with E-state index in [1.54, 1.807) is 24.4 Å². The molecule has 0 saturated carbocycles. The molecule has 0 aliphatic carbocycles. The highest BCUT2D eigenvalue weighted by molar-refractivity contribution is 5.50. The van der Waals surface area contributed by atoms with Crippen LogP contribution >= 0.6 is 0 Å². The van der Waals surface area contributed by atoms with Crippen LogP contribution in [0.4, 0.5) is 0 Å². The Bertz CT molecular complexity index is 206. The summed E-state index contributed by atoms with van der Waals surface area (Å²) in [6.45, 7) is 7.32. The predicted octanol–water partition coefficient (Wildman–Crippen LogP) is 2.64. The summed E-state index contributed by atoms with van der Waals surface area (Å²) in [5, 5.41) is 8.77. The number of nitrogens with zero attached hydrogens (tertiary/aromatic N) is 1. The van der Waals surface area contributed by atoms with Crippen molar-refractivity contribution in [2.24, 2.45) is 0 Å². The van der Waals surface area contributed by atoms with Crippen LogP contribution in [0.5, 0.6) is 0 Å². The summed E-state index contributed by atoms with van der Waals surface area (Å²) in [5.41, 5.74) is 0.525. The average Bonchev–Trinajstić information content (AvgIpc) is 2.10. The normalized spacial score (nSPS) is 7.82. The van der Waals surface area contributed by atoms with Gasteiger partial charge in [0.05, 0.1) is 0 Å². The summed E-state index contributed by atoms with van der Waals surface area (Å²) in [6.07, 6.45) is 1.61. The second-order valence-electron chi connectivity index (χ2n) is 1.66. The van der Waals surface area contributed by atoms with E-state index in [-0.39, 0.29) is 5.76 Å². The van der Waals surface area contributed by atoms with Gasteiger partial charge in [-0.25, -0.2) is 0 Å². The van der Waals surface area contributed by atoms with Gasteiger partial charge < -0.3 is 5.11 Å². The van der Waals surface area contributed by atoms with E-state index in [2.05, 4.69) is 11.6 Å². The molecule has 0 saturated heterocycles. The van der Waals surface area contributed by atoms with E-state index < -0.39 is 0 Å². The van der Waals surface area contributed by atoms with Crippen molar-refractivity contribution in [2.45, 2.75) is 13.8 Å². The molecule has 0 unspecified atom stereocenters. The minimum atomic E-state index is 0.00981. The standard InChI is InChI=1S/C7H7NO.C2H6/c1-6(9)7-4-2-3-5-8-7;1-2/h2-5,9H,1H2;1-2H3. The van der Waals surface area contributed by atoms with Gasteiger partial charge >= 0.3 is 0 Å². The highest BCUT2D eigenvalue weighted by atomic mass is 16.3. The molecule has 0 atom stereocenters. The Kier molecular flexibility index (Phi) is 4.82. The molecule has 0 aromatic carbocycles. The third kappa shape index (κ3) is 3.40.